The molecule has 2 aliphatic rings. The molecule has 0 saturated carbocycles. The Kier molecular flexibility index (Phi) is 49.3. The summed E-state index contributed by atoms with van der Waals surface area (Å²) in [7, 11) is 0. The summed E-state index contributed by atoms with van der Waals surface area (Å²) in [6.07, 6.45) is 51.6. The van der Waals surface area contributed by atoms with E-state index in [1.54, 1.807) is 6.08 Å². The Hall–Kier alpha value is -2.05. The molecule has 12 atom stereocenters. The zero-order chi connectivity index (χ0) is 59.5. The van der Waals surface area contributed by atoms with Gasteiger partial charge in [-0.1, -0.05) is 255 Å². The number of carbonyl (C=O) groups is 1. The summed E-state index contributed by atoms with van der Waals surface area (Å²) in [5.41, 5.74) is 0. The van der Waals surface area contributed by atoms with Gasteiger partial charge >= 0.3 is 0 Å². The first-order valence-electron chi connectivity index (χ1n) is 33.9. The number of hydrogen-bond donors (Lipinski definition) is 9. The lowest BCUT2D eigenvalue weighted by molar-refractivity contribution is -0.359. The van der Waals surface area contributed by atoms with Crippen LogP contribution in [0.2, 0.25) is 0 Å². The van der Waals surface area contributed by atoms with Crippen molar-refractivity contribution in [2.75, 3.05) is 19.8 Å². The van der Waals surface area contributed by atoms with Crippen molar-refractivity contribution < 1.29 is 64.6 Å². The normalized spacial score (nSPS) is 24.2. The van der Waals surface area contributed by atoms with E-state index in [1.807, 2.05) is 6.08 Å². The van der Waals surface area contributed by atoms with E-state index in [-0.39, 0.29) is 18.9 Å². The minimum Gasteiger partial charge on any atom is -0.394 e. The zero-order valence-corrected chi connectivity index (χ0v) is 52.0. The minimum atomic E-state index is -1.79. The van der Waals surface area contributed by atoms with Gasteiger partial charge in [0.1, 0.15) is 48.8 Å². The molecule has 0 aromatic rings. The summed E-state index contributed by atoms with van der Waals surface area (Å²) in [5, 5.41) is 87.3. The molecule has 2 heterocycles. The number of aliphatic hydroxyl groups excluding tert-OH is 8. The molecular weight excluding hydrogens is 1040 g/mol. The Morgan fingerprint density at radius 2 is 0.780 bits per heavy atom. The number of amides is 1. The van der Waals surface area contributed by atoms with Crippen molar-refractivity contribution in [1.82, 2.24) is 5.32 Å². The maximum Gasteiger partial charge on any atom is 0.220 e. The van der Waals surface area contributed by atoms with Gasteiger partial charge in [-0.15, -0.1) is 0 Å². The molecule has 480 valence electrons. The van der Waals surface area contributed by atoms with Gasteiger partial charge in [-0.05, 0) is 70.6 Å². The second-order valence-electron chi connectivity index (χ2n) is 23.9. The van der Waals surface area contributed by atoms with Gasteiger partial charge in [0.2, 0.25) is 5.91 Å². The van der Waals surface area contributed by atoms with Crippen LogP contribution in [0.3, 0.4) is 0 Å². The average Bonchev–Trinajstić information content (AvgIpc) is 3.53. The fourth-order valence-electron chi connectivity index (χ4n) is 11.0. The van der Waals surface area contributed by atoms with E-state index in [0.29, 0.717) is 12.8 Å². The molecule has 12 unspecified atom stereocenters. The molecule has 2 aliphatic heterocycles. The van der Waals surface area contributed by atoms with Gasteiger partial charge < -0.3 is 65.1 Å². The third-order valence-electron chi connectivity index (χ3n) is 16.5. The Morgan fingerprint density at radius 1 is 0.427 bits per heavy atom. The Balaban J connectivity index is 1.73. The standard InChI is InChI=1S/C68H125NO13/c1-3-5-7-9-11-13-15-17-19-21-23-25-27-28-30-31-33-35-37-39-41-43-45-47-49-51-57(72)56(55-79-67-65(78)63(76)66(59(54-71)81-67)82-68-64(77)62(75)61(74)58(53-70)80-68)69-60(73)52-50-48-46-44-42-40-38-36-34-32-29-26-24-22-20-18-16-14-12-10-8-6-4-2/h22,24,33,35,41,43,49,51,56-59,61-68,70-72,74-78H,3-21,23,25-32,34,36-40,42,44-48,50,52-55H2,1-2H3,(H,69,73)/b24-22-,35-33+,43-41+,51-49+. The molecule has 82 heavy (non-hydrogen) atoms. The topological polar surface area (TPSA) is 228 Å². The molecule has 14 nitrogen and oxygen atoms in total. The van der Waals surface area contributed by atoms with Crippen LogP contribution in [0.1, 0.15) is 284 Å². The number of unbranched alkanes of at least 4 members (excludes halogenated alkanes) is 36. The van der Waals surface area contributed by atoms with Crippen LogP contribution in [0.15, 0.2) is 48.6 Å². The fraction of sp³-hybridized carbons (Fsp3) is 0.868. The number of hydrogen-bond acceptors (Lipinski definition) is 13. The highest BCUT2D eigenvalue weighted by Crippen LogP contribution is 2.30. The predicted molar refractivity (Wildman–Crippen MR) is 332 cm³/mol. The van der Waals surface area contributed by atoms with Crippen molar-refractivity contribution in [2.24, 2.45) is 0 Å². The molecule has 2 saturated heterocycles. The van der Waals surface area contributed by atoms with Crippen molar-refractivity contribution in [3.05, 3.63) is 48.6 Å². The smallest absolute Gasteiger partial charge is 0.220 e. The highest BCUT2D eigenvalue weighted by atomic mass is 16.7. The summed E-state index contributed by atoms with van der Waals surface area (Å²) in [6.45, 7) is 2.81. The molecule has 9 N–H and O–H groups in total. The van der Waals surface area contributed by atoms with Crippen molar-refractivity contribution in [3.8, 4) is 0 Å². The second kappa shape index (κ2) is 53.2. The molecule has 2 rings (SSSR count). The summed E-state index contributed by atoms with van der Waals surface area (Å²) < 4.78 is 22.8. The third-order valence-corrected chi connectivity index (χ3v) is 16.5. The summed E-state index contributed by atoms with van der Waals surface area (Å²) in [6, 6.07) is -0.940. The van der Waals surface area contributed by atoms with Crippen LogP contribution in [0, 0.1) is 0 Å². The van der Waals surface area contributed by atoms with Gasteiger partial charge in [-0.25, -0.2) is 0 Å². The molecule has 0 spiro atoms. The molecule has 0 aromatic carbocycles. The van der Waals surface area contributed by atoms with Gasteiger partial charge in [0, 0.05) is 6.42 Å². The first kappa shape index (κ1) is 76.0. The summed E-state index contributed by atoms with van der Waals surface area (Å²) in [4.78, 5) is 13.3. The summed E-state index contributed by atoms with van der Waals surface area (Å²) in [5.74, 6) is -0.252. The van der Waals surface area contributed by atoms with E-state index in [0.717, 1.165) is 44.9 Å². The lowest BCUT2D eigenvalue weighted by atomic mass is 9.97. The van der Waals surface area contributed by atoms with E-state index in [2.05, 4.69) is 55.6 Å². The second-order valence-corrected chi connectivity index (χ2v) is 23.9. The van der Waals surface area contributed by atoms with Crippen LogP contribution in [0.4, 0.5) is 0 Å². The van der Waals surface area contributed by atoms with Crippen molar-refractivity contribution >= 4 is 5.91 Å². The zero-order valence-electron chi connectivity index (χ0n) is 52.0. The molecule has 2 fully saturated rings. The monoisotopic (exact) mass is 1160 g/mol. The molecule has 0 aromatic heterocycles. The van der Waals surface area contributed by atoms with Crippen molar-refractivity contribution in [3.63, 3.8) is 0 Å². The third kappa shape index (κ3) is 37.5. The van der Waals surface area contributed by atoms with Crippen LogP contribution >= 0.6 is 0 Å². The maximum atomic E-state index is 13.3. The Labute approximate surface area is 499 Å². The van der Waals surface area contributed by atoms with Gasteiger partial charge in [0.05, 0.1) is 32.0 Å². The molecule has 0 aliphatic carbocycles. The van der Waals surface area contributed by atoms with E-state index < -0.39 is 86.8 Å². The van der Waals surface area contributed by atoms with E-state index in [9.17, 15) is 45.6 Å². The number of nitrogens with one attached hydrogen (secondary N) is 1. The van der Waals surface area contributed by atoms with Gasteiger partial charge in [-0.3, -0.25) is 4.79 Å². The van der Waals surface area contributed by atoms with E-state index in [1.165, 1.54) is 205 Å². The minimum absolute atomic E-state index is 0.252. The largest absolute Gasteiger partial charge is 0.394 e. The molecule has 1 amide bonds. The van der Waals surface area contributed by atoms with Crippen LogP contribution in [0.25, 0.3) is 0 Å². The number of allylic oxidation sites excluding steroid dienone is 7. The number of carbonyl (C=O) groups excluding carboxylic acids is 1. The number of ether oxygens (including phenoxy) is 4. The molecular formula is C68H125NO13. The maximum absolute atomic E-state index is 13.3. The van der Waals surface area contributed by atoms with Crippen molar-refractivity contribution in [2.45, 2.75) is 357 Å². The van der Waals surface area contributed by atoms with Crippen LogP contribution < -0.4 is 5.32 Å². The van der Waals surface area contributed by atoms with Crippen LogP contribution in [-0.2, 0) is 23.7 Å². The number of aliphatic hydroxyl groups is 8. The highest BCUT2D eigenvalue weighted by Gasteiger charge is 2.51. The predicted octanol–water partition coefficient (Wildman–Crippen LogP) is 13.1. The lowest BCUT2D eigenvalue weighted by Crippen LogP contribution is -2.65. The Bertz CT molecular complexity index is 1560. The first-order valence-corrected chi connectivity index (χ1v) is 33.9. The quantitative estimate of drug-likeness (QED) is 0.0204. The van der Waals surface area contributed by atoms with Crippen molar-refractivity contribution in [1.29, 1.82) is 0 Å². The lowest BCUT2D eigenvalue weighted by Gasteiger charge is -2.46. The van der Waals surface area contributed by atoms with Crippen LogP contribution in [-0.4, -0.2) is 140 Å². The summed E-state index contributed by atoms with van der Waals surface area (Å²) >= 11 is 0. The van der Waals surface area contributed by atoms with Gasteiger partial charge in [-0.2, -0.15) is 0 Å². The SMILES string of the molecule is CCCCCCCCCC/C=C\CCCCCCCCCCCCCC(=O)NC(COC1OC(CO)C(OC2OC(CO)C(O)C(O)C2O)C(O)C1O)C(O)/C=C/CC/C=C/CC/C=C/CCCCCCCCCCCCCCCCC. The van der Waals surface area contributed by atoms with Crippen LogP contribution in [0.5, 0.6) is 0 Å². The first-order chi connectivity index (χ1) is 40.1. The highest BCUT2D eigenvalue weighted by molar-refractivity contribution is 5.76. The fourth-order valence-corrected chi connectivity index (χ4v) is 11.0. The molecule has 0 radical (unpaired) electrons. The average molecular weight is 1160 g/mol. The Morgan fingerprint density at radius 3 is 1.20 bits per heavy atom. The van der Waals surface area contributed by atoms with Gasteiger partial charge in [0.25, 0.3) is 0 Å². The number of rotatable bonds is 55. The van der Waals surface area contributed by atoms with E-state index in [4.69, 9.17) is 18.9 Å². The van der Waals surface area contributed by atoms with E-state index >= 15 is 0 Å². The molecule has 0 bridgehead atoms. The van der Waals surface area contributed by atoms with Gasteiger partial charge in [0.15, 0.2) is 12.6 Å². The molecule has 14 heteroatoms.